The van der Waals surface area contributed by atoms with Crippen LogP contribution in [0.5, 0.6) is 0 Å². The Morgan fingerprint density at radius 1 is 1.25 bits per heavy atom. The molecule has 2 fully saturated rings. The number of hydrogen-bond acceptors (Lipinski definition) is 3. The zero-order valence-corrected chi connectivity index (χ0v) is 10.5. The van der Waals surface area contributed by atoms with E-state index in [0.717, 1.165) is 32.4 Å². The molecule has 0 radical (unpaired) electrons. The zero-order chi connectivity index (χ0) is 11.4. The third-order valence-electron chi connectivity index (χ3n) is 4.02. The summed E-state index contributed by atoms with van der Waals surface area (Å²) in [4.78, 5) is 16.6. The molecule has 0 spiro atoms. The van der Waals surface area contributed by atoms with E-state index in [1.54, 1.807) is 0 Å². The van der Waals surface area contributed by atoms with Gasteiger partial charge in [-0.05, 0) is 45.8 Å². The van der Waals surface area contributed by atoms with E-state index in [1.165, 1.54) is 32.4 Å². The Labute approximate surface area is 98.8 Å². The Hall–Kier alpha value is -0.410. The van der Waals surface area contributed by atoms with Gasteiger partial charge < -0.3 is 4.90 Å². The second kappa shape index (κ2) is 5.78. The molecule has 1 aliphatic carbocycles. The van der Waals surface area contributed by atoms with Gasteiger partial charge in [0.05, 0.1) is 6.04 Å². The summed E-state index contributed by atoms with van der Waals surface area (Å²) in [5.41, 5.74) is 0. The molecule has 0 amide bonds. The van der Waals surface area contributed by atoms with Gasteiger partial charge in [-0.25, -0.2) is 0 Å². The molecule has 92 valence electrons. The first-order valence-corrected chi connectivity index (χ1v) is 6.72. The minimum atomic E-state index is 0.219. The molecular formula is C13H24N2O. The van der Waals surface area contributed by atoms with Gasteiger partial charge in [0.25, 0.3) is 0 Å². The van der Waals surface area contributed by atoms with Crippen molar-refractivity contribution >= 4 is 5.78 Å². The fourth-order valence-electron chi connectivity index (χ4n) is 2.89. The van der Waals surface area contributed by atoms with Crippen molar-refractivity contribution < 1.29 is 4.79 Å². The summed E-state index contributed by atoms with van der Waals surface area (Å²) in [6.45, 7) is 4.70. The maximum Gasteiger partial charge on any atom is 0.149 e. The molecule has 1 atom stereocenters. The molecule has 0 aromatic heterocycles. The fourth-order valence-corrected chi connectivity index (χ4v) is 2.89. The minimum Gasteiger partial charge on any atom is -0.302 e. The number of likely N-dealkylation sites (tertiary alicyclic amines) is 1. The van der Waals surface area contributed by atoms with Crippen LogP contribution in [0, 0.1) is 0 Å². The number of hydrogen-bond donors (Lipinski definition) is 0. The summed E-state index contributed by atoms with van der Waals surface area (Å²) in [6.07, 6.45) is 6.92. The maximum absolute atomic E-state index is 11.8. The number of carbonyl (C=O) groups is 1. The van der Waals surface area contributed by atoms with Crippen LogP contribution in [0.25, 0.3) is 0 Å². The van der Waals surface area contributed by atoms with Crippen molar-refractivity contribution in [1.82, 2.24) is 9.80 Å². The van der Waals surface area contributed by atoms with Gasteiger partial charge in [-0.3, -0.25) is 9.69 Å². The highest BCUT2D eigenvalue weighted by Crippen LogP contribution is 2.18. The second-order valence-electron chi connectivity index (χ2n) is 5.26. The van der Waals surface area contributed by atoms with Gasteiger partial charge in [0, 0.05) is 19.5 Å². The van der Waals surface area contributed by atoms with Crippen molar-refractivity contribution in [3.05, 3.63) is 0 Å². The van der Waals surface area contributed by atoms with Crippen LogP contribution in [0.4, 0.5) is 0 Å². The van der Waals surface area contributed by atoms with E-state index >= 15 is 0 Å². The monoisotopic (exact) mass is 224 g/mol. The number of nitrogens with zero attached hydrogens (tertiary/aromatic N) is 2. The minimum absolute atomic E-state index is 0.219. The largest absolute Gasteiger partial charge is 0.302 e. The Kier molecular flexibility index (Phi) is 4.36. The van der Waals surface area contributed by atoms with Gasteiger partial charge in [-0.15, -0.1) is 0 Å². The summed E-state index contributed by atoms with van der Waals surface area (Å²) < 4.78 is 0. The van der Waals surface area contributed by atoms with Crippen LogP contribution in [0.3, 0.4) is 0 Å². The molecule has 1 unspecified atom stereocenters. The molecule has 3 nitrogen and oxygen atoms in total. The van der Waals surface area contributed by atoms with E-state index in [2.05, 4.69) is 16.8 Å². The van der Waals surface area contributed by atoms with Crippen molar-refractivity contribution in [3.8, 4) is 0 Å². The Morgan fingerprint density at radius 2 is 2.00 bits per heavy atom. The lowest BCUT2D eigenvalue weighted by atomic mass is 9.93. The lowest BCUT2D eigenvalue weighted by Crippen LogP contribution is -2.43. The molecule has 3 heteroatoms. The average molecular weight is 224 g/mol. The Bertz CT molecular complexity index is 236. The molecule has 1 saturated carbocycles. The summed E-state index contributed by atoms with van der Waals surface area (Å²) >= 11 is 0. The number of rotatable bonds is 4. The predicted molar refractivity (Wildman–Crippen MR) is 65.6 cm³/mol. The van der Waals surface area contributed by atoms with E-state index in [-0.39, 0.29) is 6.04 Å². The third-order valence-corrected chi connectivity index (χ3v) is 4.02. The lowest BCUT2D eigenvalue weighted by Gasteiger charge is -2.31. The van der Waals surface area contributed by atoms with Crippen LogP contribution in [0.2, 0.25) is 0 Å². The van der Waals surface area contributed by atoms with Crippen LogP contribution < -0.4 is 0 Å². The summed E-state index contributed by atoms with van der Waals surface area (Å²) in [6, 6.07) is 0.219. The molecule has 0 N–H and O–H groups in total. The van der Waals surface area contributed by atoms with Gasteiger partial charge in [0.15, 0.2) is 0 Å². The molecule has 0 aromatic rings. The molecule has 1 heterocycles. The maximum atomic E-state index is 11.8. The summed E-state index contributed by atoms with van der Waals surface area (Å²) in [7, 11) is 2.12. The molecule has 0 bridgehead atoms. The average Bonchev–Trinajstić information content (AvgIpc) is 2.79. The van der Waals surface area contributed by atoms with Crippen molar-refractivity contribution in [2.45, 2.75) is 44.6 Å². The van der Waals surface area contributed by atoms with E-state index in [1.807, 2.05) is 0 Å². The SMILES string of the molecule is CN(CCN1CCCC1)C1CCCCC1=O. The van der Waals surface area contributed by atoms with E-state index in [0.29, 0.717) is 5.78 Å². The van der Waals surface area contributed by atoms with Crippen molar-refractivity contribution in [2.24, 2.45) is 0 Å². The number of ketones is 1. The van der Waals surface area contributed by atoms with Gasteiger partial charge in [0.2, 0.25) is 0 Å². The van der Waals surface area contributed by atoms with Gasteiger partial charge in [-0.1, -0.05) is 6.42 Å². The lowest BCUT2D eigenvalue weighted by molar-refractivity contribution is -0.125. The highest BCUT2D eigenvalue weighted by atomic mass is 16.1. The normalized spacial score (nSPS) is 27.9. The van der Waals surface area contributed by atoms with Crippen LogP contribution in [-0.4, -0.2) is 54.9 Å². The van der Waals surface area contributed by atoms with Crippen molar-refractivity contribution in [2.75, 3.05) is 33.2 Å². The van der Waals surface area contributed by atoms with Gasteiger partial charge in [0.1, 0.15) is 5.78 Å². The smallest absolute Gasteiger partial charge is 0.149 e. The Balaban J connectivity index is 1.73. The first kappa shape index (κ1) is 12.1. The quantitative estimate of drug-likeness (QED) is 0.723. The molecule has 2 aliphatic rings. The summed E-state index contributed by atoms with van der Waals surface area (Å²) in [5.74, 6) is 0.468. The van der Waals surface area contributed by atoms with Crippen LogP contribution >= 0.6 is 0 Å². The highest BCUT2D eigenvalue weighted by molar-refractivity contribution is 5.84. The van der Waals surface area contributed by atoms with Crippen LogP contribution in [-0.2, 0) is 4.79 Å². The predicted octanol–water partition coefficient (Wildman–Crippen LogP) is 1.53. The molecule has 1 aliphatic heterocycles. The number of carbonyl (C=O) groups excluding carboxylic acids is 1. The zero-order valence-electron chi connectivity index (χ0n) is 10.5. The molecule has 1 saturated heterocycles. The Morgan fingerprint density at radius 3 is 2.69 bits per heavy atom. The standard InChI is InChI=1S/C13H24N2O/c1-14(10-11-15-8-4-5-9-15)12-6-2-3-7-13(12)16/h12H,2-11H2,1H3. The highest BCUT2D eigenvalue weighted by Gasteiger charge is 2.26. The van der Waals surface area contributed by atoms with Gasteiger partial charge in [-0.2, -0.15) is 0 Å². The first-order valence-electron chi connectivity index (χ1n) is 6.72. The van der Waals surface area contributed by atoms with Crippen molar-refractivity contribution in [3.63, 3.8) is 0 Å². The number of Topliss-reactive ketones (excluding diaryl/α,β-unsaturated/α-hetero) is 1. The molecular weight excluding hydrogens is 200 g/mol. The fraction of sp³-hybridized carbons (Fsp3) is 0.923. The molecule has 16 heavy (non-hydrogen) atoms. The topological polar surface area (TPSA) is 23.6 Å². The van der Waals surface area contributed by atoms with Crippen LogP contribution in [0.1, 0.15) is 38.5 Å². The van der Waals surface area contributed by atoms with Gasteiger partial charge >= 0.3 is 0 Å². The van der Waals surface area contributed by atoms with E-state index in [9.17, 15) is 4.79 Å². The first-order chi connectivity index (χ1) is 7.77. The summed E-state index contributed by atoms with van der Waals surface area (Å²) in [5, 5.41) is 0. The second-order valence-corrected chi connectivity index (χ2v) is 5.26. The van der Waals surface area contributed by atoms with Crippen LogP contribution in [0.15, 0.2) is 0 Å². The third kappa shape index (κ3) is 3.05. The van der Waals surface area contributed by atoms with Crippen molar-refractivity contribution in [1.29, 1.82) is 0 Å². The molecule has 0 aromatic carbocycles. The number of likely N-dealkylation sites (N-methyl/N-ethyl adjacent to an activating group) is 1. The van der Waals surface area contributed by atoms with E-state index in [4.69, 9.17) is 0 Å². The molecule has 2 rings (SSSR count). The van der Waals surface area contributed by atoms with E-state index < -0.39 is 0 Å².